The second kappa shape index (κ2) is 6.27. The van der Waals surface area contributed by atoms with E-state index in [9.17, 15) is 4.79 Å². The molecule has 6 heteroatoms. The Labute approximate surface area is 129 Å². The van der Waals surface area contributed by atoms with E-state index < -0.39 is 0 Å². The van der Waals surface area contributed by atoms with Crippen LogP contribution in [0.3, 0.4) is 0 Å². The van der Waals surface area contributed by atoms with E-state index >= 15 is 0 Å². The number of carbonyl (C=O) groups is 1. The van der Waals surface area contributed by atoms with Crippen molar-refractivity contribution in [2.24, 2.45) is 5.73 Å². The Morgan fingerprint density at radius 3 is 2.50 bits per heavy atom. The van der Waals surface area contributed by atoms with Crippen molar-refractivity contribution in [3.8, 4) is 11.4 Å². The highest BCUT2D eigenvalue weighted by Gasteiger charge is 2.20. The maximum absolute atomic E-state index is 12.3. The largest absolute Gasteiger partial charge is 0.349 e. The van der Waals surface area contributed by atoms with Crippen molar-refractivity contribution in [2.75, 3.05) is 0 Å². The lowest BCUT2D eigenvalue weighted by atomic mass is 9.91. The van der Waals surface area contributed by atoms with E-state index in [-0.39, 0.29) is 18.0 Å². The Morgan fingerprint density at radius 1 is 1.23 bits per heavy atom. The third kappa shape index (κ3) is 3.33. The molecule has 1 fully saturated rings. The van der Waals surface area contributed by atoms with Gasteiger partial charge in [0.1, 0.15) is 0 Å². The van der Waals surface area contributed by atoms with E-state index in [2.05, 4.69) is 15.5 Å². The Kier molecular flexibility index (Phi) is 4.20. The van der Waals surface area contributed by atoms with Crippen molar-refractivity contribution in [3.63, 3.8) is 0 Å². The van der Waals surface area contributed by atoms with Crippen LogP contribution in [0.2, 0.25) is 0 Å². The molecular formula is C16H20N4O2. The molecule has 22 heavy (non-hydrogen) atoms. The predicted molar refractivity (Wildman–Crippen MR) is 82.2 cm³/mol. The number of nitrogens with two attached hydrogens (primary N) is 1. The van der Waals surface area contributed by atoms with Crippen molar-refractivity contribution >= 4 is 5.91 Å². The molecule has 1 aliphatic carbocycles. The van der Waals surface area contributed by atoms with Gasteiger partial charge in [-0.25, -0.2) is 0 Å². The molecule has 0 atom stereocenters. The third-order valence-electron chi connectivity index (χ3n) is 4.04. The summed E-state index contributed by atoms with van der Waals surface area (Å²) in [4.78, 5) is 16.4. The Morgan fingerprint density at radius 2 is 1.91 bits per heavy atom. The van der Waals surface area contributed by atoms with Crippen LogP contribution in [0, 0.1) is 6.92 Å². The number of aromatic nitrogens is 2. The molecule has 1 aromatic heterocycles. The highest BCUT2D eigenvalue weighted by Crippen LogP contribution is 2.19. The highest BCUT2D eigenvalue weighted by atomic mass is 16.5. The predicted octanol–water partition coefficient (Wildman–Crippen LogP) is 2.04. The van der Waals surface area contributed by atoms with Crippen molar-refractivity contribution in [3.05, 3.63) is 35.7 Å². The Balaban J connectivity index is 1.63. The lowest BCUT2D eigenvalue weighted by Crippen LogP contribution is -2.40. The second-order valence-electron chi connectivity index (χ2n) is 5.80. The van der Waals surface area contributed by atoms with Crippen LogP contribution < -0.4 is 11.1 Å². The first-order valence-electron chi connectivity index (χ1n) is 7.59. The molecule has 1 saturated carbocycles. The van der Waals surface area contributed by atoms with Crippen LogP contribution in [0.1, 0.15) is 41.9 Å². The first-order valence-corrected chi connectivity index (χ1v) is 7.59. The maximum atomic E-state index is 12.3. The van der Waals surface area contributed by atoms with Gasteiger partial charge >= 0.3 is 0 Å². The van der Waals surface area contributed by atoms with E-state index in [1.54, 1.807) is 19.1 Å². The molecule has 0 unspecified atom stereocenters. The van der Waals surface area contributed by atoms with Crippen LogP contribution in [0.15, 0.2) is 28.8 Å². The van der Waals surface area contributed by atoms with Crippen LogP contribution >= 0.6 is 0 Å². The number of benzene rings is 1. The summed E-state index contributed by atoms with van der Waals surface area (Å²) < 4.78 is 4.96. The zero-order valence-electron chi connectivity index (χ0n) is 12.6. The molecule has 0 bridgehead atoms. The molecule has 2 aromatic rings. The zero-order chi connectivity index (χ0) is 15.5. The summed E-state index contributed by atoms with van der Waals surface area (Å²) in [5, 5.41) is 6.94. The molecule has 1 heterocycles. The van der Waals surface area contributed by atoms with Crippen molar-refractivity contribution < 1.29 is 9.32 Å². The topological polar surface area (TPSA) is 94.0 Å². The lowest BCUT2D eigenvalue weighted by molar-refractivity contribution is 0.0926. The standard InChI is InChI=1S/C16H20N4O2/c1-10-18-15(20-22-10)11-2-4-12(5-3-11)16(21)19-14-8-6-13(17)7-9-14/h2-5,13-14H,6-9,17H2,1H3,(H,19,21)/t13-,14-. The molecule has 0 radical (unpaired) electrons. The summed E-state index contributed by atoms with van der Waals surface area (Å²) in [6.07, 6.45) is 3.85. The van der Waals surface area contributed by atoms with Crippen LogP contribution in [-0.2, 0) is 0 Å². The van der Waals surface area contributed by atoms with Gasteiger partial charge in [-0.1, -0.05) is 17.3 Å². The maximum Gasteiger partial charge on any atom is 0.251 e. The molecule has 1 amide bonds. The molecule has 1 aromatic carbocycles. The van der Waals surface area contributed by atoms with Gasteiger partial charge in [-0.05, 0) is 37.8 Å². The van der Waals surface area contributed by atoms with Gasteiger partial charge in [0, 0.05) is 30.1 Å². The van der Waals surface area contributed by atoms with Crippen molar-refractivity contribution in [1.29, 1.82) is 0 Å². The van der Waals surface area contributed by atoms with E-state index in [0.29, 0.717) is 17.3 Å². The van der Waals surface area contributed by atoms with Crippen molar-refractivity contribution in [2.45, 2.75) is 44.7 Å². The van der Waals surface area contributed by atoms with E-state index in [4.69, 9.17) is 10.3 Å². The SMILES string of the molecule is Cc1nc(-c2ccc(C(=O)N[C@H]3CC[C@H](N)CC3)cc2)no1. The minimum Gasteiger partial charge on any atom is -0.349 e. The van der Waals surface area contributed by atoms with Crippen LogP contribution in [0.25, 0.3) is 11.4 Å². The number of amides is 1. The number of nitrogens with one attached hydrogen (secondary N) is 1. The molecule has 6 nitrogen and oxygen atoms in total. The summed E-state index contributed by atoms with van der Waals surface area (Å²) in [6.45, 7) is 1.74. The summed E-state index contributed by atoms with van der Waals surface area (Å²) in [6, 6.07) is 7.74. The molecule has 3 N–H and O–H groups in total. The van der Waals surface area contributed by atoms with Gasteiger partial charge < -0.3 is 15.6 Å². The van der Waals surface area contributed by atoms with Gasteiger partial charge in [-0.15, -0.1) is 0 Å². The van der Waals surface area contributed by atoms with Gasteiger partial charge in [0.15, 0.2) is 0 Å². The second-order valence-corrected chi connectivity index (χ2v) is 5.80. The van der Waals surface area contributed by atoms with Gasteiger partial charge in [0.2, 0.25) is 11.7 Å². The monoisotopic (exact) mass is 300 g/mol. The van der Waals surface area contributed by atoms with E-state index in [1.165, 1.54) is 0 Å². The fourth-order valence-electron chi connectivity index (χ4n) is 2.72. The fraction of sp³-hybridized carbons (Fsp3) is 0.438. The smallest absolute Gasteiger partial charge is 0.251 e. The summed E-state index contributed by atoms with van der Waals surface area (Å²) >= 11 is 0. The van der Waals surface area contributed by atoms with E-state index in [1.807, 2.05) is 12.1 Å². The summed E-state index contributed by atoms with van der Waals surface area (Å²) in [7, 11) is 0. The normalized spacial score (nSPS) is 21.5. The highest BCUT2D eigenvalue weighted by molar-refractivity contribution is 5.94. The average Bonchev–Trinajstić information content (AvgIpc) is 2.96. The first-order chi connectivity index (χ1) is 10.6. The third-order valence-corrected chi connectivity index (χ3v) is 4.04. The molecule has 116 valence electrons. The zero-order valence-corrected chi connectivity index (χ0v) is 12.6. The minimum absolute atomic E-state index is 0.0451. The van der Waals surface area contributed by atoms with Gasteiger partial charge in [0.05, 0.1) is 0 Å². The average molecular weight is 300 g/mol. The quantitative estimate of drug-likeness (QED) is 0.904. The number of hydrogen-bond acceptors (Lipinski definition) is 5. The fourth-order valence-corrected chi connectivity index (χ4v) is 2.72. The molecule has 1 aliphatic rings. The van der Waals surface area contributed by atoms with Crippen LogP contribution in [0.4, 0.5) is 0 Å². The Hall–Kier alpha value is -2.21. The number of nitrogens with zero attached hydrogens (tertiary/aromatic N) is 2. The summed E-state index contributed by atoms with van der Waals surface area (Å²) in [5.41, 5.74) is 7.35. The molecule has 0 saturated heterocycles. The van der Waals surface area contributed by atoms with Crippen LogP contribution in [0.5, 0.6) is 0 Å². The first kappa shape index (κ1) is 14.7. The van der Waals surface area contributed by atoms with Gasteiger partial charge in [-0.3, -0.25) is 4.79 Å². The van der Waals surface area contributed by atoms with E-state index in [0.717, 1.165) is 31.2 Å². The Bertz CT molecular complexity index is 642. The number of rotatable bonds is 3. The minimum atomic E-state index is -0.0451. The molecule has 0 aliphatic heterocycles. The van der Waals surface area contributed by atoms with Crippen molar-refractivity contribution in [1.82, 2.24) is 15.5 Å². The molecule has 3 rings (SSSR count). The molecule has 0 spiro atoms. The number of aryl methyl sites for hydroxylation is 1. The molecular weight excluding hydrogens is 280 g/mol. The van der Waals surface area contributed by atoms with Gasteiger partial charge in [0.25, 0.3) is 5.91 Å². The lowest BCUT2D eigenvalue weighted by Gasteiger charge is -2.26. The number of carbonyl (C=O) groups excluding carboxylic acids is 1. The summed E-state index contributed by atoms with van der Waals surface area (Å²) in [5.74, 6) is 1.01. The number of hydrogen-bond donors (Lipinski definition) is 2. The van der Waals surface area contributed by atoms with Crippen LogP contribution in [-0.4, -0.2) is 28.1 Å². The van der Waals surface area contributed by atoms with Gasteiger partial charge in [-0.2, -0.15) is 4.98 Å².